The Morgan fingerprint density at radius 1 is 1.15 bits per heavy atom. The number of ether oxygens (including phenoxy) is 2. The molecule has 0 bridgehead atoms. The number of piperidine rings is 1. The summed E-state index contributed by atoms with van der Waals surface area (Å²) in [6, 6.07) is 15.3. The maximum absolute atomic E-state index is 12.8. The van der Waals surface area contributed by atoms with E-state index in [1.165, 1.54) is 5.56 Å². The van der Waals surface area contributed by atoms with E-state index in [2.05, 4.69) is 12.1 Å². The second kappa shape index (κ2) is 9.06. The number of halogens is 1. The molecule has 2 aromatic carbocycles. The first-order valence-electron chi connectivity index (χ1n) is 8.92. The molecule has 1 heterocycles. The van der Waals surface area contributed by atoms with E-state index in [9.17, 15) is 4.79 Å². The first kappa shape index (κ1) is 18.7. The number of nitrogens with zero attached hydrogens (tertiary/aromatic N) is 1. The van der Waals surface area contributed by atoms with E-state index in [0.717, 1.165) is 32.5 Å². The number of likely N-dealkylation sites (tertiary alicyclic amines) is 1. The fraction of sp³-hybridized carbons (Fsp3) is 0.381. The number of benzene rings is 2. The molecule has 1 amide bonds. The van der Waals surface area contributed by atoms with Crippen LogP contribution < -0.4 is 4.74 Å². The van der Waals surface area contributed by atoms with Crippen LogP contribution in [0, 0.1) is 5.92 Å². The highest BCUT2D eigenvalue weighted by Crippen LogP contribution is 2.26. The smallest absolute Gasteiger partial charge is 0.257 e. The lowest BCUT2D eigenvalue weighted by Gasteiger charge is -2.32. The summed E-state index contributed by atoms with van der Waals surface area (Å²) in [7, 11) is 1.57. The molecule has 1 saturated heterocycles. The molecule has 2 aromatic rings. The zero-order chi connectivity index (χ0) is 18.4. The monoisotopic (exact) mass is 373 g/mol. The Morgan fingerprint density at radius 2 is 1.88 bits per heavy atom. The van der Waals surface area contributed by atoms with Crippen LogP contribution in [-0.2, 0) is 11.3 Å². The third kappa shape index (κ3) is 4.77. The number of amides is 1. The first-order valence-corrected chi connectivity index (χ1v) is 9.29. The van der Waals surface area contributed by atoms with Crippen LogP contribution in [0.1, 0.15) is 28.8 Å². The van der Waals surface area contributed by atoms with E-state index in [-0.39, 0.29) is 5.91 Å². The SMILES string of the molecule is COc1ccc(Cl)cc1C(=O)N1CCC(COCc2ccccc2)CC1. The van der Waals surface area contributed by atoms with E-state index < -0.39 is 0 Å². The van der Waals surface area contributed by atoms with Gasteiger partial charge in [-0.1, -0.05) is 41.9 Å². The van der Waals surface area contributed by atoms with E-state index in [1.807, 2.05) is 23.1 Å². The van der Waals surface area contributed by atoms with Gasteiger partial charge in [0.2, 0.25) is 0 Å². The lowest BCUT2D eigenvalue weighted by atomic mass is 9.97. The summed E-state index contributed by atoms with van der Waals surface area (Å²) in [5, 5.41) is 0.540. The Morgan fingerprint density at radius 3 is 2.58 bits per heavy atom. The van der Waals surface area contributed by atoms with Crippen molar-refractivity contribution in [2.24, 2.45) is 5.92 Å². The largest absolute Gasteiger partial charge is 0.496 e. The molecule has 0 aliphatic carbocycles. The Bertz CT molecular complexity index is 727. The molecule has 26 heavy (non-hydrogen) atoms. The molecule has 1 aliphatic rings. The van der Waals surface area contributed by atoms with Crippen molar-refractivity contribution in [3.05, 3.63) is 64.7 Å². The van der Waals surface area contributed by atoms with Gasteiger partial charge in [-0.05, 0) is 42.5 Å². The van der Waals surface area contributed by atoms with E-state index in [1.54, 1.807) is 25.3 Å². The Hall–Kier alpha value is -2.04. The number of hydrogen-bond acceptors (Lipinski definition) is 3. The number of methoxy groups -OCH3 is 1. The fourth-order valence-electron chi connectivity index (χ4n) is 3.24. The lowest BCUT2D eigenvalue weighted by Crippen LogP contribution is -2.39. The highest BCUT2D eigenvalue weighted by atomic mass is 35.5. The first-order chi connectivity index (χ1) is 12.7. The van der Waals surface area contributed by atoms with Gasteiger partial charge in [0, 0.05) is 24.7 Å². The Labute approximate surface area is 159 Å². The number of hydrogen-bond donors (Lipinski definition) is 0. The van der Waals surface area contributed by atoms with E-state index in [4.69, 9.17) is 21.1 Å². The minimum Gasteiger partial charge on any atom is -0.496 e. The predicted octanol–water partition coefficient (Wildman–Crippen LogP) is 4.42. The van der Waals surface area contributed by atoms with Crippen LogP contribution in [0.4, 0.5) is 0 Å². The molecule has 0 N–H and O–H groups in total. The molecule has 0 unspecified atom stereocenters. The number of carbonyl (C=O) groups is 1. The van der Waals surface area contributed by atoms with Crippen molar-refractivity contribution < 1.29 is 14.3 Å². The van der Waals surface area contributed by atoms with Crippen LogP contribution in [0.2, 0.25) is 5.02 Å². The third-order valence-corrected chi connectivity index (χ3v) is 4.99. The molecule has 4 nitrogen and oxygen atoms in total. The van der Waals surface area contributed by atoms with Gasteiger partial charge >= 0.3 is 0 Å². The van der Waals surface area contributed by atoms with Crippen LogP contribution in [0.5, 0.6) is 5.75 Å². The highest BCUT2D eigenvalue weighted by molar-refractivity contribution is 6.31. The maximum atomic E-state index is 12.8. The van der Waals surface area contributed by atoms with Crippen LogP contribution in [0.3, 0.4) is 0 Å². The van der Waals surface area contributed by atoms with Gasteiger partial charge in [-0.15, -0.1) is 0 Å². The van der Waals surface area contributed by atoms with Crippen molar-refractivity contribution in [2.75, 3.05) is 26.8 Å². The van der Waals surface area contributed by atoms with Gasteiger partial charge in [-0.3, -0.25) is 4.79 Å². The molecule has 3 rings (SSSR count). The van der Waals surface area contributed by atoms with Crippen molar-refractivity contribution >= 4 is 17.5 Å². The average molecular weight is 374 g/mol. The Balaban J connectivity index is 1.49. The predicted molar refractivity (Wildman–Crippen MR) is 103 cm³/mol. The second-order valence-corrected chi connectivity index (χ2v) is 7.02. The topological polar surface area (TPSA) is 38.8 Å². The summed E-state index contributed by atoms with van der Waals surface area (Å²) in [6.07, 6.45) is 1.90. The van der Waals surface area contributed by atoms with Crippen LogP contribution in [0.15, 0.2) is 48.5 Å². The molecule has 0 saturated carbocycles. The van der Waals surface area contributed by atoms with Crippen LogP contribution in [-0.4, -0.2) is 37.6 Å². The summed E-state index contributed by atoms with van der Waals surface area (Å²) in [6.45, 7) is 2.83. The average Bonchev–Trinajstić information content (AvgIpc) is 2.69. The van der Waals surface area contributed by atoms with E-state index >= 15 is 0 Å². The molecular formula is C21H24ClNO3. The van der Waals surface area contributed by atoms with E-state index in [0.29, 0.717) is 28.9 Å². The Kier molecular flexibility index (Phi) is 6.53. The molecule has 1 aliphatic heterocycles. The van der Waals surface area contributed by atoms with Crippen molar-refractivity contribution in [3.63, 3.8) is 0 Å². The molecule has 0 atom stereocenters. The van der Waals surface area contributed by atoms with Crippen LogP contribution >= 0.6 is 11.6 Å². The molecule has 138 valence electrons. The van der Waals surface area contributed by atoms with Crippen LogP contribution in [0.25, 0.3) is 0 Å². The molecule has 0 spiro atoms. The molecular weight excluding hydrogens is 350 g/mol. The van der Waals surface area contributed by atoms with Gasteiger partial charge in [0.15, 0.2) is 0 Å². The zero-order valence-electron chi connectivity index (χ0n) is 15.0. The molecule has 0 aromatic heterocycles. The summed E-state index contributed by atoms with van der Waals surface area (Å²) >= 11 is 6.04. The van der Waals surface area contributed by atoms with Crippen molar-refractivity contribution in [1.82, 2.24) is 4.90 Å². The highest BCUT2D eigenvalue weighted by Gasteiger charge is 2.25. The van der Waals surface area contributed by atoms with Crippen molar-refractivity contribution in [3.8, 4) is 5.75 Å². The van der Waals surface area contributed by atoms with Crippen molar-refractivity contribution in [1.29, 1.82) is 0 Å². The van der Waals surface area contributed by atoms with Gasteiger partial charge in [-0.25, -0.2) is 0 Å². The number of rotatable bonds is 6. The summed E-state index contributed by atoms with van der Waals surface area (Å²) in [5.74, 6) is 1.03. The van der Waals surface area contributed by atoms with Gasteiger partial charge < -0.3 is 14.4 Å². The summed E-state index contributed by atoms with van der Waals surface area (Å²) in [5.41, 5.74) is 1.71. The molecule has 5 heteroatoms. The maximum Gasteiger partial charge on any atom is 0.257 e. The minimum atomic E-state index is -0.0204. The van der Waals surface area contributed by atoms with Gasteiger partial charge in [-0.2, -0.15) is 0 Å². The minimum absolute atomic E-state index is 0.0204. The third-order valence-electron chi connectivity index (χ3n) is 4.76. The van der Waals surface area contributed by atoms with Gasteiger partial charge in [0.1, 0.15) is 5.75 Å². The van der Waals surface area contributed by atoms with Crippen molar-refractivity contribution in [2.45, 2.75) is 19.4 Å². The molecule has 1 fully saturated rings. The quantitative estimate of drug-likeness (QED) is 0.752. The zero-order valence-corrected chi connectivity index (χ0v) is 15.7. The van der Waals surface area contributed by atoms with Gasteiger partial charge in [0.25, 0.3) is 5.91 Å². The molecule has 0 radical (unpaired) electrons. The summed E-state index contributed by atoms with van der Waals surface area (Å²) in [4.78, 5) is 14.7. The number of carbonyl (C=O) groups excluding carboxylic acids is 1. The summed E-state index contributed by atoms with van der Waals surface area (Å²) < 4.78 is 11.2. The lowest BCUT2D eigenvalue weighted by molar-refractivity contribution is 0.0477. The normalized spacial score (nSPS) is 15.1. The van der Waals surface area contributed by atoms with Gasteiger partial charge in [0.05, 0.1) is 19.3 Å². The second-order valence-electron chi connectivity index (χ2n) is 6.58. The standard InChI is InChI=1S/C21H24ClNO3/c1-25-20-8-7-18(22)13-19(20)21(24)23-11-9-17(10-12-23)15-26-14-16-5-3-2-4-6-16/h2-8,13,17H,9-12,14-15H2,1H3. The fourth-order valence-corrected chi connectivity index (χ4v) is 3.41.